The molecule has 2 N–H and O–H groups in total. The van der Waals surface area contributed by atoms with Crippen molar-refractivity contribution in [2.45, 2.75) is 6.54 Å². The summed E-state index contributed by atoms with van der Waals surface area (Å²) in [6.07, 6.45) is 0. The van der Waals surface area contributed by atoms with Crippen LogP contribution in [-0.2, 0) is 6.54 Å². The van der Waals surface area contributed by atoms with Crippen LogP contribution in [0, 0.1) is 0 Å². The Labute approximate surface area is 122 Å². The fourth-order valence-electron chi connectivity index (χ4n) is 2.23. The molecule has 0 bridgehead atoms. The Morgan fingerprint density at radius 2 is 1.95 bits per heavy atom. The van der Waals surface area contributed by atoms with Crippen molar-refractivity contribution < 1.29 is 9.53 Å². The fraction of sp³-hybridized carbons (Fsp3) is 0.118. The van der Waals surface area contributed by atoms with E-state index in [1.54, 1.807) is 7.11 Å². The second-order valence-corrected chi connectivity index (χ2v) is 4.80. The van der Waals surface area contributed by atoms with Crippen molar-refractivity contribution in [2.75, 3.05) is 7.11 Å². The normalized spacial score (nSPS) is 10.5. The van der Waals surface area contributed by atoms with Crippen molar-refractivity contribution in [1.82, 2.24) is 10.3 Å². The first-order valence-electron chi connectivity index (χ1n) is 6.75. The van der Waals surface area contributed by atoms with Gasteiger partial charge in [0.15, 0.2) is 0 Å². The maximum absolute atomic E-state index is 12.2. The maximum atomic E-state index is 12.2. The third kappa shape index (κ3) is 2.89. The number of aromatic nitrogens is 1. The van der Waals surface area contributed by atoms with Gasteiger partial charge in [0.2, 0.25) is 0 Å². The maximum Gasteiger partial charge on any atom is 0.267 e. The van der Waals surface area contributed by atoms with Crippen molar-refractivity contribution in [2.24, 2.45) is 0 Å². The Hall–Kier alpha value is -2.75. The lowest BCUT2D eigenvalue weighted by molar-refractivity contribution is 0.0947. The van der Waals surface area contributed by atoms with Gasteiger partial charge in [0.1, 0.15) is 11.4 Å². The van der Waals surface area contributed by atoms with Crippen LogP contribution in [0.25, 0.3) is 10.9 Å². The lowest BCUT2D eigenvalue weighted by Gasteiger charge is -2.03. The summed E-state index contributed by atoms with van der Waals surface area (Å²) in [4.78, 5) is 15.3. The summed E-state index contributed by atoms with van der Waals surface area (Å²) in [5, 5.41) is 3.89. The van der Waals surface area contributed by atoms with Gasteiger partial charge in [0.25, 0.3) is 5.91 Å². The van der Waals surface area contributed by atoms with Crippen LogP contribution in [-0.4, -0.2) is 18.0 Å². The quantitative estimate of drug-likeness (QED) is 0.771. The van der Waals surface area contributed by atoms with Gasteiger partial charge in [-0.25, -0.2) is 0 Å². The summed E-state index contributed by atoms with van der Waals surface area (Å²) < 4.78 is 5.18. The molecule has 0 saturated heterocycles. The molecular formula is C17H16N2O2. The molecule has 4 nitrogen and oxygen atoms in total. The molecule has 0 aliphatic carbocycles. The molecular weight excluding hydrogens is 264 g/mol. The first-order chi connectivity index (χ1) is 10.3. The molecule has 0 aliphatic rings. The number of hydrogen-bond acceptors (Lipinski definition) is 2. The van der Waals surface area contributed by atoms with E-state index in [1.165, 1.54) is 0 Å². The molecule has 0 radical (unpaired) electrons. The van der Waals surface area contributed by atoms with E-state index < -0.39 is 0 Å². The minimum atomic E-state index is -0.117. The summed E-state index contributed by atoms with van der Waals surface area (Å²) in [6.45, 7) is 0.512. The average molecular weight is 280 g/mol. The lowest BCUT2D eigenvalue weighted by Crippen LogP contribution is -2.22. The van der Waals surface area contributed by atoms with Crippen LogP contribution in [0.1, 0.15) is 16.1 Å². The molecule has 1 heterocycles. The molecule has 1 aromatic heterocycles. The fourth-order valence-corrected chi connectivity index (χ4v) is 2.23. The summed E-state index contributed by atoms with van der Waals surface area (Å²) in [7, 11) is 1.62. The number of fused-ring (bicyclic) bond motifs is 1. The number of ether oxygens (including phenoxy) is 1. The van der Waals surface area contributed by atoms with Crippen molar-refractivity contribution >= 4 is 16.8 Å². The van der Waals surface area contributed by atoms with Crippen molar-refractivity contribution in [3.63, 3.8) is 0 Å². The van der Waals surface area contributed by atoms with Crippen LogP contribution in [0.15, 0.2) is 54.6 Å². The number of carbonyl (C=O) groups is 1. The van der Waals surface area contributed by atoms with Gasteiger partial charge in [-0.1, -0.05) is 30.3 Å². The van der Waals surface area contributed by atoms with Gasteiger partial charge in [-0.05, 0) is 23.8 Å². The molecule has 21 heavy (non-hydrogen) atoms. The second-order valence-electron chi connectivity index (χ2n) is 4.80. The van der Waals surface area contributed by atoms with Gasteiger partial charge < -0.3 is 15.0 Å². The number of benzene rings is 2. The monoisotopic (exact) mass is 280 g/mol. The zero-order valence-electron chi connectivity index (χ0n) is 11.7. The molecule has 0 saturated carbocycles. The predicted molar refractivity (Wildman–Crippen MR) is 82.5 cm³/mol. The van der Waals surface area contributed by atoms with E-state index in [0.29, 0.717) is 12.2 Å². The Morgan fingerprint density at radius 3 is 2.71 bits per heavy atom. The first kappa shape index (κ1) is 13.2. The first-order valence-corrected chi connectivity index (χ1v) is 6.75. The molecule has 2 aromatic carbocycles. The van der Waals surface area contributed by atoms with E-state index in [1.807, 2.05) is 54.6 Å². The van der Waals surface area contributed by atoms with E-state index in [4.69, 9.17) is 4.74 Å². The standard InChI is InChI=1S/C17H16N2O2/c1-21-14-8-7-13-9-16(19-15(13)10-14)17(20)18-11-12-5-3-2-4-6-12/h2-10,19H,11H2,1H3,(H,18,20). The van der Waals surface area contributed by atoms with Crippen molar-refractivity contribution in [1.29, 1.82) is 0 Å². The summed E-state index contributed by atoms with van der Waals surface area (Å²) in [5.74, 6) is 0.648. The van der Waals surface area contributed by atoms with Gasteiger partial charge in [-0.15, -0.1) is 0 Å². The largest absolute Gasteiger partial charge is 0.497 e. The lowest BCUT2D eigenvalue weighted by atomic mass is 10.2. The number of aromatic amines is 1. The number of rotatable bonds is 4. The molecule has 1 amide bonds. The number of H-pyrrole nitrogens is 1. The smallest absolute Gasteiger partial charge is 0.267 e. The van der Waals surface area contributed by atoms with Crippen molar-refractivity contribution in [3.8, 4) is 5.75 Å². The predicted octanol–water partition coefficient (Wildman–Crippen LogP) is 3.11. The highest BCUT2D eigenvalue weighted by Crippen LogP contribution is 2.21. The van der Waals surface area contributed by atoms with Gasteiger partial charge >= 0.3 is 0 Å². The Morgan fingerprint density at radius 1 is 1.14 bits per heavy atom. The zero-order valence-corrected chi connectivity index (χ0v) is 11.7. The van der Waals surface area contributed by atoms with Crippen LogP contribution in [0.4, 0.5) is 0 Å². The number of nitrogens with one attached hydrogen (secondary N) is 2. The Bertz CT molecular complexity index is 763. The second kappa shape index (κ2) is 5.71. The van der Waals surface area contributed by atoms with Gasteiger partial charge in [0.05, 0.1) is 7.11 Å². The van der Waals surface area contributed by atoms with E-state index in [0.717, 1.165) is 22.2 Å². The van der Waals surface area contributed by atoms with E-state index in [-0.39, 0.29) is 5.91 Å². The zero-order chi connectivity index (χ0) is 14.7. The molecule has 3 aromatic rings. The minimum absolute atomic E-state index is 0.117. The number of amides is 1. The molecule has 0 unspecified atom stereocenters. The molecule has 0 fully saturated rings. The van der Waals surface area contributed by atoms with Gasteiger partial charge in [-0.3, -0.25) is 4.79 Å². The van der Waals surface area contributed by atoms with Gasteiger partial charge in [0, 0.05) is 23.5 Å². The van der Waals surface area contributed by atoms with E-state index in [2.05, 4.69) is 10.3 Å². The average Bonchev–Trinajstić information content (AvgIpc) is 2.96. The highest BCUT2D eigenvalue weighted by Gasteiger charge is 2.09. The van der Waals surface area contributed by atoms with Crippen LogP contribution < -0.4 is 10.1 Å². The molecule has 0 aliphatic heterocycles. The SMILES string of the molecule is COc1ccc2cc(C(=O)NCc3ccccc3)[nH]c2c1. The van der Waals surface area contributed by atoms with Gasteiger partial charge in [-0.2, -0.15) is 0 Å². The van der Waals surface area contributed by atoms with E-state index >= 15 is 0 Å². The molecule has 0 spiro atoms. The highest BCUT2D eigenvalue weighted by molar-refractivity contribution is 5.98. The number of hydrogen-bond donors (Lipinski definition) is 2. The molecule has 4 heteroatoms. The van der Waals surface area contributed by atoms with E-state index in [9.17, 15) is 4.79 Å². The third-order valence-corrected chi connectivity index (χ3v) is 3.37. The number of carbonyl (C=O) groups excluding carboxylic acids is 1. The van der Waals surface area contributed by atoms with Crippen LogP contribution in [0.3, 0.4) is 0 Å². The van der Waals surface area contributed by atoms with Crippen LogP contribution in [0.2, 0.25) is 0 Å². The molecule has 106 valence electrons. The topological polar surface area (TPSA) is 54.1 Å². The third-order valence-electron chi connectivity index (χ3n) is 3.37. The number of methoxy groups -OCH3 is 1. The minimum Gasteiger partial charge on any atom is -0.497 e. The Balaban J connectivity index is 1.75. The van der Waals surface area contributed by atoms with Crippen LogP contribution >= 0.6 is 0 Å². The molecule has 0 atom stereocenters. The van der Waals surface area contributed by atoms with Crippen molar-refractivity contribution in [3.05, 3.63) is 65.9 Å². The summed E-state index contributed by atoms with van der Waals surface area (Å²) in [6, 6.07) is 17.4. The Kier molecular flexibility index (Phi) is 3.60. The summed E-state index contributed by atoms with van der Waals surface area (Å²) >= 11 is 0. The molecule has 3 rings (SSSR count). The summed E-state index contributed by atoms with van der Waals surface area (Å²) in [5.41, 5.74) is 2.51. The van der Waals surface area contributed by atoms with Crippen LogP contribution in [0.5, 0.6) is 5.75 Å². The highest BCUT2D eigenvalue weighted by atomic mass is 16.5.